The molecule has 13 nitrogen and oxygen atoms in total. The molecule has 2 aliphatic rings. The van der Waals surface area contributed by atoms with E-state index in [0.717, 1.165) is 16.8 Å². The van der Waals surface area contributed by atoms with E-state index in [1.54, 1.807) is 25.1 Å². The van der Waals surface area contributed by atoms with Crippen LogP contribution in [0.25, 0.3) is 5.82 Å². The number of aryl methyl sites for hydroxylation is 2. The van der Waals surface area contributed by atoms with Crippen molar-refractivity contribution >= 4 is 29.4 Å². The van der Waals surface area contributed by atoms with Crippen LogP contribution in [0.4, 0.5) is 30.8 Å². The zero-order valence-corrected chi connectivity index (χ0v) is 24.9. The number of alkyl halides is 2. The molecule has 2 N–H and O–H groups in total. The topological polar surface area (TPSA) is 141 Å². The minimum atomic E-state index is -2.80. The van der Waals surface area contributed by atoms with Crippen LogP contribution in [0.2, 0.25) is 0 Å². The average molecular weight is 624 g/mol. The Morgan fingerprint density at radius 2 is 1.84 bits per heavy atom. The first-order valence-corrected chi connectivity index (χ1v) is 14.5. The minimum Gasteiger partial charge on any atom is -0.341 e. The van der Waals surface area contributed by atoms with Gasteiger partial charge in [-0.05, 0) is 45.2 Å². The van der Waals surface area contributed by atoms with E-state index in [-0.39, 0.29) is 32.5 Å². The number of aromatic nitrogens is 7. The van der Waals surface area contributed by atoms with Crippen molar-refractivity contribution in [3.05, 3.63) is 65.6 Å². The van der Waals surface area contributed by atoms with E-state index in [1.165, 1.54) is 22.0 Å². The maximum absolute atomic E-state index is 14.2. The van der Waals surface area contributed by atoms with Crippen molar-refractivity contribution in [1.29, 1.82) is 0 Å². The van der Waals surface area contributed by atoms with E-state index in [0.29, 0.717) is 34.7 Å². The van der Waals surface area contributed by atoms with E-state index in [1.807, 2.05) is 24.8 Å². The molecular weight excluding hydrogens is 591 g/mol. The van der Waals surface area contributed by atoms with Crippen LogP contribution in [0.15, 0.2) is 42.9 Å². The van der Waals surface area contributed by atoms with Crippen molar-refractivity contribution in [2.45, 2.75) is 51.6 Å². The normalized spacial score (nSPS) is 17.4. The second kappa shape index (κ2) is 11.8. The van der Waals surface area contributed by atoms with Gasteiger partial charge in [0.1, 0.15) is 17.9 Å². The monoisotopic (exact) mass is 623 g/mol. The largest absolute Gasteiger partial charge is 0.341 e. The fourth-order valence-corrected chi connectivity index (χ4v) is 5.97. The molecule has 4 aromatic heterocycles. The number of carbonyl (C=O) groups excluding carboxylic acids is 2. The molecule has 236 valence electrons. The number of hydrogen-bond donors (Lipinski definition) is 2. The Bertz CT molecular complexity index is 1700. The second-order valence-electron chi connectivity index (χ2n) is 11.3. The Balaban J connectivity index is 1.23. The molecule has 2 saturated heterocycles. The van der Waals surface area contributed by atoms with Crippen LogP contribution in [0.5, 0.6) is 0 Å². The standard InChI is InChI=1S/C29H32F3N11O2/c1-17-10-23(36-24-11-18(2)38-39-24)37-28(35-17)40-8-6-29(7-9-40)27(45)41(16-26(44)42(29)15-22(31)32)19(3)20-4-5-25(33-12-20)43-14-21(30)13-34-43/h4-5,10-14,19,22H,6-9,15-16H2,1-3H3,(H2,35,36,37,38,39)/t19-/m0/s1. The summed E-state index contributed by atoms with van der Waals surface area (Å²) < 4.78 is 42.2. The number of anilines is 3. The molecule has 45 heavy (non-hydrogen) atoms. The summed E-state index contributed by atoms with van der Waals surface area (Å²) in [5.74, 6) is 0.477. The lowest BCUT2D eigenvalue weighted by Gasteiger charge is -2.53. The highest BCUT2D eigenvalue weighted by Gasteiger charge is 2.55. The van der Waals surface area contributed by atoms with E-state index in [4.69, 9.17) is 0 Å². The number of nitrogens with zero attached hydrogens (tertiary/aromatic N) is 9. The number of piperazine rings is 1. The van der Waals surface area contributed by atoms with E-state index >= 15 is 0 Å². The van der Waals surface area contributed by atoms with E-state index in [2.05, 4.69) is 35.6 Å². The van der Waals surface area contributed by atoms with Gasteiger partial charge in [0.05, 0.1) is 25.0 Å². The number of halogens is 3. The van der Waals surface area contributed by atoms with Crippen molar-refractivity contribution in [2.75, 3.05) is 36.4 Å². The zero-order valence-electron chi connectivity index (χ0n) is 24.9. The molecule has 6 rings (SSSR count). The molecule has 2 aliphatic heterocycles. The number of amides is 2. The third-order valence-electron chi connectivity index (χ3n) is 8.29. The van der Waals surface area contributed by atoms with Gasteiger partial charge in [-0.2, -0.15) is 15.2 Å². The lowest BCUT2D eigenvalue weighted by molar-refractivity contribution is -0.171. The maximum Gasteiger partial charge on any atom is 0.255 e. The fourth-order valence-electron chi connectivity index (χ4n) is 5.97. The van der Waals surface area contributed by atoms with Gasteiger partial charge >= 0.3 is 0 Å². The fraction of sp³-hybridized carbons (Fsp3) is 0.414. The highest BCUT2D eigenvalue weighted by molar-refractivity contribution is 5.98. The van der Waals surface area contributed by atoms with Crippen molar-refractivity contribution in [1.82, 2.24) is 44.7 Å². The number of hydrogen-bond acceptors (Lipinski definition) is 9. The molecule has 2 fully saturated rings. The molecule has 0 aliphatic carbocycles. The Morgan fingerprint density at radius 1 is 1.07 bits per heavy atom. The number of aromatic amines is 1. The second-order valence-corrected chi connectivity index (χ2v) is 11.3. The van der Waals surface area contributed by atoms with Gasteiger partial charge < -0.3 is 20.0 Å². The molecule has 6 heterocycles. The van der Waals surface area contributed by atoms with Gasteiger partial charge in [0, 0.05) is 42.8 Å². The van der Waals surface area contributed by atoms with Crippen LogP contribution in [0, 0.1) is 19.7 Å². The van der Waals surface area contributed by atoms with Gasteiger partial charge in [-0.25, -0.2) is 27.8 Å². The van der Waals surface area contributed by atoms with Gasteiger partial charge in [0.2, 0.25) is 17.8 Å². The number of piperidine rings is 1. The summed E-state index contributed by atoms with van der Waals surface area (Å²) >= 11 is 0. The summed E-state index contributed by atoms with van der Waals surface area (Å²) in [5, 5.41) is 14.1. The SMILES string of the molecule is Cc1cc(Nc2cc(C)[nH]n2)nc(N2CCC3(CC2)C(=O)N([C@@H](C)c2ccc(-n4cc(F)cn4)nc2)CC(=O)N3CC(F)F)n1. The Kier molecular flexibility index (Phi) is 7.88. The highest BCUT2D eigenvalue weighted by atomic mass is 19.3. The van der Waals surface area contributed by atoms with Crippen molar-refractivity contribution in [2.24, 2.45) is 0 Å². The Hall–Kier alpha value is -5.02. The first-order chi connectivity index (χ1) is 21.5. The number of pyridine rings is 1. The third-order valence-corrected chi connectivity index (χ3v) is 8.29. The van der Waals surface area contributed by atoms with Crippen LogP contribution in [-0.2, 0) is 9.59 Å². The number of carbonyl (C=O) groups is 2. The Labute approximate surface area is 256 Å². The van der Waals surface area contributed by atoms with Crippen molar-refractivity contribution in [3.63, 3.8) is 0 Å². The maximum atomic E-state index is 14.2. The molecule has 1 atom stereocenters. The molecule has 0 saturated carbocycles. The van der Waals surface area contributed by atoms with Crippen molar-refractivity contribution < 1.29 is 22.8 Å². The molecule has 1 spiro atoms. The van der Waals surface area contributed by atoms with Crippen LogP contribution in [-0.4, -0.2) is 94.7 Å². The highest BCUT2D eigenvalue weighted by Crippen LogP contribution is 2.39. The average Bonchev–Trinajstić information content (AvgIpc) is 3.64. The summed E-state index contributed by atoms with van der Waals surface area (Å²) in [6.45, 7) is 4.84. The van der Waals surface area contributed by atoms with Crippen LogP contribution in [0.3, 0.4) is 0 Å². The van der Waals surface area contributed by atoms with Gasteiger partial charge in [-0.15, -0.1) is 0 Å². The molecule has 2 amide bonds. The van der Waals surface area contributed by atoms with Crippen molar-refractivity contribution in [3.8, 4) is 5.82 Å². The molecule has 0 aromatic carbocycles. The van der Waals surface area contributed by atoms with E-state index in [9.17, 15) is 22.8 Å². The lowest BCUT2D eigenvalue weighted by Crippen LogP contribution is -2.71. The first kappa shape index (κ1) is 30.0. The molecule has 0 radical (unpaired) electrons. The number of H-pyrrole nitrogens is 1. The zero-order chi connectivity index (χ0) is 31.9. The quantitative estimate of drug-likeness (QED) is 0.302. The summed E-state index contributed by atoms with van der Waals surface area (Å²) in [6, 6.07) is 6.38. The van der Waals surface area contributed by atoms with E-state index < -0.39 is 42.2 Å². The van der Waals surface area contributed by atoms with Gasteiger partial charge in [-0.1, -0.05) is 6.07 Å². The molecule has 0 unspecified atom stereocenters. The lowest BCUT2D eigenvalue weighted by atomic mass is 9.81. The van der Waals surface area contributed by atoms with Crippen LogP contribution in [0.1, 0.15) is 42.8 Å². The summed E-state index contributed by atoms with van der Waals surface area (Å²) in [7, 11) is 0. The summed E-state index contributed by atoms with van der Waals surface area (Å²) in [4.78, 5) is 45.6. The molecule has 0 bridgehead atoms. The predicted molar refractivity (Wildman–Crippen MR) is 157 cm³/mol. The van der Waals surface area contributed by atoms with Crippen LogP contribution < -0.4 is 10.2 Å². The van der Waals surface area contributed by atoms with Crippen LogP contribution >= 0.6 is 0 Å². The molecule has 4 aromatic rings. The van der Waals surface area contributed by atoms with Gasteiger partial charge in [-0.3, -0.25) is 14.7 Å². The molecule has 16 heteroatoms. The smallest absolute Gasteiger partial charge is 0.255 e. The minimum absolute atomic E-state index is 0.119. The first-order valence-electron chi connectivity index (χ1n) is 14.5. The summed E-state index contributed by atoms with van der Waals surface area (Å²) in [6.07, 6.45) is 1.22. The molecular formula is C29H32F3N11O2. The Morgan fingerprint density at radius 3 is 2.47 bits per heavy atom. The summed E-state index contributed by atoms with van der Waals surface area (Å²) in [5.41, 5.74) is 0.763. The third kappa shape index (κ3) is 5.91. The number of nitrogens with one attached hydrogen (secondary N) is 2. The van der Waals surface area contributed by atoms with Gasteiger partial charge in [0.25, 0.3) is 6.43 Å². The van der Waals surface area contributed by atoms with Gasteiger partial charge in [0.15, 0.2) is 17.5 Å². The predicted octanol–water partition coefficient (Wildman–Crippen LogP) is 3.32. The number of rotatable bonds is 8.